The normalized spacial score (nSPS) is 21.7. The van der Waals surface area contributed by atoms with Crippen LogP contribution in [0.3, 0.4) is 0 Å². The molecule has 0 amide bonds. The van der Waals surface area contributed by atoms with Crippen LogP contribution in [0.25, 0.3) is 0 Å². The molecule has 0 bridgehead atoms. The first-order chi connectivity index (χ1) is 6.30. The third kappa shape index (κ3) is 2.58. The Morgan fingerprint density at radius 3 is 2.36 bits per heavy atom. The summed E-state index contributed by atoms with van der Waals surface area (Å²) >= 11 is 0. The molecule has 1 saturated heterocycles. The fourth-order valence-corrected chi connectivity index (χ4v) is 1.22. The minimum atomic E-state index is -4.63. The van der Waals surface area contributed by atoms with Crippen molar-refractivity contribution in [2.45, 2.75) is 12.3 Å². The smallest absolute Gasteiger partial charge is 0.415 e. The van der Waals surface area contributed by atoms with Gasteiger partial charge in [-0.05, 0) is 0 Å². The summed E-state index contributed by atoms with van der Waals surface area (Å²) in [7, 11) is 0. The highest BCUT2D eigenvalue weighted by atomic mass is 19.4. The lowest BCUT2D eigenvalue weighted by molar-refractivity contribution is -0.212. The first-order valence-electron chi connectivity index (χ1n) is 4.00. The molecule has 0 aromatic rings. The lowest BCUT2D eigenvalue weighted by Gasteiger charge is -2.37. The van der Waals surface area contributed by atoms with Gasteiger partial charge in [0.25, 0.3) is 0 Å². The standard InChI is InChI=1S/C7H10F3NO3/c8-7(9,10)5(12)3-11-1-4(2-11)6(13)14/h4-5,12H,1-3H2,(H,13,14). The van der Waals surface area contributed by atoms with Gasteiger partial charge in [0.15, 0.2) is 6.10 Å². The third-order valence-electron chi connectivity index (χ3n) is 2.12. The fraction of sp³-hybridized carbons (Fsp3) is 0.857. The van der Waals surface area contributed by atoms with Crippen molar-refractivity contribution >= 4 is 5.97 Å². The highest BCUT2D eigenvalue weighted by molar-refractivity contribution is 5.71. The number of halogens is 3. The Bertz CT molecular complexity index is 225. The molecule has 1 fully saturated rings. The number of carboxylic acid groups (broad SMARTS) is 1. The van der Waals surface area contributed by atoms with Gasteiger partial charge in [0.2, 0.25) is 0 Å². The molecule has 1 atom stereocenters. The molecule has 2 N–H and O–H groups in total. The van der Waals surface area contributed by atoms with Crippen molar-refractivity contribution < 1.29 is 28.2 Å². The highest BCUT2D eigenvalue weighted by Crippen LogP contribution is 2.23. The average molecular weight is 213 g/mol. The van der Waals surface area contributed by atoms with Crippen LogP contribution in [0.15, 0.2) is 0 Å². The van der Waals surface area contributed by atoms with E-state index in [9.17, 15) is 18.0 Å². The molecule has 82 valence electrons. The van der Waals surface area contributed by atoms with E-state index in [1.54, 1.807) is 0 Å². The Morgan fingerprint density at radius 2 is 2.00 bits per heavy atom. The van der Waals surface area contributed by atoms with E-state index >= 15 is 0 Å². The minimum Gasteiger partial charge on any atom is -0.481 e. The minimum absolute atomic E-state index is 0.0719. The van der Waals surface area contributed by atoms with E-state index in [0.29, 0.717) is 0 Å². The molecule has 0 saturated carbocycles. The average Bonchev–Trinajstić information content (AvgIpc) is 1.92. The molecule has 0 aromatic heterocycles. The van der Waals surface area contributed by atoms with E-state index in [2.05, 4.69) is 0 Å². The molecular weight excluding hydrogens is 203 g/mol. The third-order valence-corrected chi connectivity index (χ3v) is 2.12. The van der Waals surface area contributed by atoms with Gasteiger partial charge >= 0.3 is 12.1 Å². The predicted molar refractivity (Wildman–Crippen MR) is 39.6 cm³/mol. The number of rotatable bonds is 3. The van der Waals surface area contributed by atoms with Crippen LogP contribution in [-0.2, 0) is 4.79 Å². The van der Waals surface area contributed by atoms with Crippen molar-refractivity contribution in [3.8, 4) is 0 Å². The fourth-order valence-electron chi connectivity index (χ4n) is 1.22. The first-order valence-corrected chi connectivity index (χ1v) is 4.00. The summed E-state index contributed by atoms with van der Waals surface area (Å²) in [6.45, 7) is -0.405. The number of carbonyl (C=O) groups is 1. The molecular formula is C7H10F3NO3. The molecule has 1 unspecified atom stereocenters. The molecule has 0 spiro atoms. The first kappa shape index (κ1) is 11.3. The molecule has 0 radical (unpaired) electrons. The SMILES string of the molecule is O=C(O)C1CN(CC(O)C(F)(F)F)C1. The number of nitrogens with zero attached hydrogens (tertiary/aromatic N) is 1. The Morgan fingerprint density at radius 1 is 1.50 bits per heavy atom. The van der Waals surface area contributed by atoms with E-state index in [1.807, 2.05) is 0 Å². The zero-order chi connectivity index (χ0) is 10.9. The van der Waals surface area contributed by atoms with Crippen LogP contribution < -0.4 is 0 Å². The van der Waals surface area contributed by atoms with E-state index in [1.165, 1.54) is 4.90 Å². The summed E-state index contributed by atoms with van der Waals surface area (Å²) in [6.07, 6.45) is -7.02. The van der Waals surface area contributed by atoms with Crippen LogP contribution in [0.4, 0.5) is 13.2 Å². The molecule has 0 aliphatic carbocycles. The van der Waals surface area contributed by atoms with E-state index in [-0.39, 0.29) is 13.1 Å². The Hall–Kier alpha value is -0.820. The molecule has 4 nitrogen and oxygen atoms in total. The van der Waals surface area contributed by atoms with Gasteiger partial charge in [-0.1, -0.05) is 0 Å². The maximum Gasteiger partial charge on any atom is 0.415 e. The van der Waals surface area contributed by atoms with Crippen LogP contribution in [0.2, 0.25) is 0 Å². The van der Waals surface area contributed by atoms with Gasteiger partial charge in [-0.25, -0.2) is 0 Å². The Balaban J connectivity index is 2.26. The molecule has 1 heterocycles. The number of hydrogen-bond acceptors (Lipinski definition) is 3. The van der Waals surface area contributed by atoms with Gasteiger partial charge in [-0.15, -0.1) is 0 Å². The van der Waals surface area contributed by atoms with Crippen LogP contribution in [0.5, 0.6) is 0 Å². The summed E-state index contributed by atoms with van der Waals surface area (Å²) < 4.78 is 35.5. The van der Waals surface area contributed by atoms with E-state index in [4.69, 9.17) is 10.2 Å². The molecule has 7 heteroatoms. The second kappa shape index (κ2) is 3.74. The quantitative estimate of drug-likeness (QED) is 0.688. The second-order valence-electron chi connectivity index (χ2n) is 3.31. The van der Waals surface area contributed by atoms with Crippen LogP contribution >= 0.6 is 0 Å². The van der Waals surface area contributed by atoms with Crippen LogP contribution in [-0.4, -0.2) is 53.0 Å². The number of hydrogen-bond donors (Lipinski definition) is 2. The van der Waals surface area contributed by atoms with Crippen molar-refractivity contribution in [3.05, 3.63) is 0 Å². The lowest BCUT2D eigenvalue weighted by atomic mass is 10.00. The number of aliphatic hydroxyl groups is 1. The van der Waals surface area contributed by atoms with Crippen LogP contribution in [0.1, 0.15) is 0 Å². The number of aliphatic hydroxyl groups excluding tert-OH is 1. The zero-order valence-corrected chi connectivity index (χ0v) is 7.16. The number of carboxylic acids is 1. The monoisotopic (exact) mass is 213 g/mol. The van der Waals surface area contributed by atoms with Crippen molar-refractivity contribution in [1.82, 2.24) is 4.90 Å². The van der Waals surface area contributed by atoms with Crippen molar-refractivity contribution in [3.63, 3.8) is 0 Å². The molecule has 1 aliphatic heterocycles. The van der Waals surface area contributed by atoms with E-state index < -0.39 is 30.7 Å². The molecule has 0 aromatic carbocycles. The summed E-state index contributed by atoms with van der Waals surface area (Å²) in [5, 5.41) is 17.1. The topological polar surface area (TPSA) is 60.8 Å². The van der Waals surface area contributed by atoms with Crippen molar-refractivity contribution in [2.75, 3.05) is 19.6 Å². The van der Waals surface area contributed by atoms with Gasteiger partial charge < -0.3 is 10.2 Å². The second-order valence-corrected chi connectivity index (χ2v) is 3.31. The highest BCUT2D eigenvalue weighted by Gasteiger charge is 2.42. The van der Waals surface area contributed by atoms with Gasteiger partial charge in [0, 0.05) is 19.6 Å². The lowest BCUT2D eigenvalue weighted by Crippen LogP contribution is -2.54. The number of alkyl halides is 3. The Kier molecular flexibility index (Phi) is 3.01. The summed E-state index contributed by atoms with van der Waals surface area (Å²) in [4.78, 5) is 11.6. The summed E-state index contributed by atoms with van der Waals surface area (Å²) in [5.74, 6) is -1.61. The zero-order valence-electron chi connectivity index (χ0n) is 7.16. The molecule has 1 rings (SSSR count). The van der Waals surface area contributed by atoms with Gasteiger partial charge in [0.1, 0.15) is 0 Å². The van der Waals surface area contributed by atoms with Gasteiger partial charge in [-0.2, -0.15) is 13.2 Å². The van der Waals surface area contributed by atoms with Crippen LogP contribution in [0, 0.1) is 5.92 Å². The summed E-state index contributed by atoms with van der Waals surface area (Å²) in [6, 6.07) is 0. The van der Waals surface area contributed by atoms with Crippen molar-refractivity contribution in [2.24, 2.45) is 5.92 Å². The largest absolute Gasteiger partial charge is 0.481 e. The van der Waals surface area contributed by atoms with E-state index in [0.717, 1.165) is 0 Å². The summed E-state index contributed by atoms with van der Waals surface area (Å²) in [5.41, 5.74) is 0. The number of likely N-dealkylation sites (tertiary alicyclic amines) is 1. The van der Waals surface area contributed by atoms with Gasteiger partial charge in [0.05, 0.1) is 5.92 Å². The Labute approximate surface area is 77.9 Å². The number of β-amino-alcohol motifs (C(OH)–C–C–N with tert-alkyl or cyclic N) is 1. The maximum atomic E-state index is 11.8. The van der Waals surface area contributed by atoms with Crippen molar-refractivity contribution in [1.29, 1.82) is 0 Å². The predicted octanol–water partition coefficient (Wildman–Crippen LogP) is -0.0740. The molecule has 14 heavy (non-hydrogen) atoms. The van der Waals surface area contributed by atoms with Gasteiger partial charge in [-0.3, -0.25) is 9.69 Å². The number of aliphatic carboxylic acids is 1. The molecule has 1 aliphatic rings. The maximum absolute atomic E-state index is 11.8.